The van der Waals surface area contributed by atoms with E-state index in [1.807, 2.05) is 50.2 Å². The molecule has 0 saturated heterocycles. The number of carbonyl (C=O) groups excluding carboxylic acids is 2. The van der Waals surface area contributed by atoms with E-state index in [4.69, 9.17) is 16.3 Å². The minimum Gasteiger partial charge on any atom is -0.492 e. The molecule has 10 heteroatoms. The van der Waals surface area contributed by atoms with Gasteiger partial charge in [0.25, 0.3) is 10.0 Å². The van der Waals surface area contributed by atoms with Gasteiger partial charge in [-0.3, -0.25) is 13.9 Å². The molecular weight excluding hydrogens is 610 g/mol. The first-order valence-electron chi connectivity index (χ1n) is 14.8. The lowest BCUT2D eigenvalue weighted by atomic mass is 10.0. The standard InChI is InChI=1S/C35H38ClN3O5S/c1-4-44-33-21-12-11-20-31(33)39(45(42,43)30-18-9-6-10-19-30)25-34(40)38(24-28-16-13-17-29(36)22-28)32(35(41)37-26(2)3)23-27-14-7-5-8-15-27/h5-22,26,32H,4,23-25H2,1-3H3,(H,37,41). The summed E-state index contributed by atoms with van der Waals surface area (Å²) >= 11 is 6.30. The van der Waals surface area contributed by atoms with Gasteiger partial charge in [-0.2, -0.15) is 0 Å². The molecule has 236 valence electrons. The minimum absolute atomic E-state index is 0.0175. The van der Waals surface area contributed by atoms with E-state index in [1.165, 1.54) is 17.0 Å². The Bertz CT molecular complexity index is 1680. The first kappa shape index (κ1) is 33.6. The van der Waals surface area contributed by atoms with Crippen molar-refractivity contribution in [1.82, 2.24) is 10.2 Å². The zero-order chi connectivity index (χ0) is 32.4. The summed E-state index contributed by atoms with van der Waals surface area (Å²) in [7, 11) is -4.24. The van der Waals surface area contributed by atoms with Crippen molar-refractivity contribution in [1.29, 1.82) is 0 Å². The molecule has 0 aliphatic carbocycles. The molecule has 1 unspecified atom stereocenters. The molecule has 0 aromatic heterocycles. The molecule has 8 nitrogen and oxygen atoms in total. The number of sulfonamides is 1. The topological polar surface area (TPSA) is 96.0 Å². The first-order chi connectivity index (χ1) is 21.6. The summed E-state index contributed by atoms with van der Waals surface area (Å²) in [5.41, 5.74) is 1.75. The lowest BCUT2D eigenvalue weighted by Gasteiger charge is -2.34. The number of benzene rings is 4. The van der Waals surface area contributed by atoms with Crippen molar-refractivity contribution >= 4 is 39.1 Å². The third kappa shape index (κ3) is 8.86. The Hall–Kier alpha value is -4.34. The van der Waals surface area contributed by atoms with Crippen LogP contribution in [0.3, 0.4) is 0 Å². The number of hydrogen-bond acceptors (Lipinski definition) is 5. The molecule has 0 fully saturated rings. The van der Waals surface area contributed by atoms with Crippen molar-refractivity contribution in [2.45, 2.75) is 50.7 Å². The Balaban J connectivity index is 1.83. The second-order valence-electron chi connectivity index (χ2n) is 10.7. The number of hydrogen-bond donors (Lipinski definition) is 1. The Labute approximate surface area is 270 Å². The number of amides is 2. The van der Waals surface area contributed by atoms with Crippen LogP contribution < -0.4 is 14.4 Å². The highest BCUT2D eigenvalue weighted by molar-refractivity contribution is 7.92. The second kappa shape index (κ2) is 15.6. The third-order valence-electron chi connectivity index (χ3n) is 6.99. The molecule has 0 aliphatic rings. The van der Waals surface area contributed by atoms with Crippen LogP contribution in [0.25, 0.3) is 0 Å². The van der Waals surface area contributed by atoms with Crippen LogP contribution in [-0.2, 0) is 32.6 Å². The smallest absolute Gasteiger partial charge is 0.264 e. The van der Waals surface area contributed by atoms with Crippen LogP contribution in [0.5, 0.6) is 5.75 Å². The maximum Gasteiger partial charge on any atom is 0.264 e. The number of nitrogens with one attached hydrogen (secondary N) is 1. The minimum atomic E-state index is -4.24. The second-order valence-corrected chi connectivity index (χ2v) is 13.0. The normalized spacial score (nSPS) is 11.9. The van der Waals surface area contributed by atoms with Crippen molar-refractivity contribution in [3.8, 4) is 5.75 Å². The van der Waals surface area contributed by atoms with Crippen LogP contribution in [0, 0.1) is 0 Å². The van der Waals surface area contributed by atoms with E-state index in [-0.39, 0.29) is 35.5 Å². The Morgan fingerprint density at radius 2 is 1.47 bits per heavy atom. The van der Waals surface area contributed by atoms with Gasteiger partial charge in [-0.1, -0.05) is 84.4 Å². The van der Waals surface area contributed by atoms with E-state index in [0.717, 1.165) is 9.87 Å². The molecule has 4 aromatic carbocycles. The molecule has 1 N–H and O–H groups in total. The first-order valence-corrected chi connectivity index (χ1v) is 16.6. The molecule has 0 radical (unpaired) electrons. The fraction of sp³-hybridized carbons (Fsp3) is 0.257. The molecule has 0 bridgehead atoms. The predicted octanol–water partition coefficient (Wildman–Crippen LogP) is 6.10. The van der Waals surface area contributed by atoms with Crippen molar-refractivity contribution < 1.29 is 22.7 Å². The summed E-state index contributed by atoms with van der Waals surface area (Å²) in [4.78, 5) is 29.8. The number of rotatable bonds is 14. The monoisotopic (exact) mass is 647 g/mol. The number of para-hydroxylation sites is 2. The van der Waals surface area contributed by atoms with Gasteiger partial charge in [0.1, 0.15) is 18.3 Å². The third-order valence-corrected chi connectivity index (χ3v) is 9.00. The van der Waals surface area contributed by atoms with Crippen LogP contribution in [0.4, 0.5) is 5.69 Å². The average Bonchev–Trinajstić information content (AvgIpc) is 3.02. The van der Waals surface area contributed by atoms with Crippen LogP contribution in [0.1, 0.15) is 31.9 Å². The maximum absolute atomic E-state index is 14.6. The maximum atomic E-state index is 14.6. The van der Waals surface area contributed by atoms with E-state index in [9.17, 15) is 18.0 Å². The highest BCUT2D eigenvalue weighted by Crippen LogP contribution is 2.33. The lowest BCUT2D eigenvalue weighted by molar-refractivity contribution is -0.140. The summed E-state index contributed by atoms with van der Waals surface area (Å²) in [6, 6.07) is 29.9. The SMILES string of the molecule is CCOc1ccccc1N(CC(=O)N(Cc1cccc(Cl)c1)C(Cc1ccccc1)C(=O)NC(C)C)S(=O)(=O)c1ccccc1. The summed E-state index contributed by atoms with van der Waals surface area (Å²) in [5, 5.41) is 3.43. The van der Waals surface area contributed by atoms with Crippen molar-refractivity contribution in [2.75, 3.05) is 17.5 Å². The van der Waals surface area contributed by atoms with Gasteiger partial charge in [-0.25, -0.2) is 8.42 Å². The highest BCUT2D eigenvalue weighted by atomic mass is 35.5. The van der Waals surface area contributed by atoms with Crippen molar-refractivity contribution in [3.63, 3.8) is 0 Å². The lowest BCUT2D eigenvalue weighted by Crippen LogP contribution is -2.54. The molecule has 2 amide bonds. The molecule has 0 aliphatic heterocycles. The number of anilines is 1. The Morgan fingerprint density at radius 3 is 2.11 bits per heavy atom. The summed E-state index contributed by atoms with van der Waals surface area (Å²) in [5.74, 6) is -0.607. The molecule has 4 aromatic rings. The van der Waals surface area contributed by atoms with Gasteiger partial charge < -0.3 is 15.0 Å². The summed E-state index contributed by atoms with van der Waals surface area (Å²) < 4.78 is 35.2. The van der Waals surface area contributed by atoms with E-state index >= 15 is 0 Å². The van der Waals surface area contributed by atoms with E-state index in [2.05, 4.69) is 5.32 Å². The fourth-order valence-electron chi connectivity index (χ4n) is 4.94. The van der Waals surface area contributed by atoms with Crippen LogP contribution in [0.15, 0.2) is 114 Å². The predicted molar refractivity (Wildman–Crippen MR) is 178 cm³/mol. The molecular formula is C35H38ClN3O5S. The van der Waals surface area contributed by atoms with Gasteiger partial charge in [-0.05, 0) is 68.3 Å². The molecule has 1 atom stereocenters. The van der Waals surface area contributed by atoms with Crippen LogP contribution in [-0.4, -0.2) is 50.4 Å². The van der Waals surface area contributed by atoms with E-state index in [0.29, 0.717) is 22.9 Å². The number of ether oxygens (including phenoxy) is 1. The number of halogens is 1. The average molecular weight is 648 g/mol. The van der Waals surface area contributed by atoms with Gasteiger partial charge in [0.15, 0.2) is 0 Å². The Kier molecular flexibility index (Phi) is 11.6. The van der Waals surface area contributed by atoms with Gasteiger partial charge in [0.05, 0.1) is 17.2 Å². The van der Waals surface area contributed by atoms with E-state index in [1.54, 1.807) is 67.6 Å². The largest absolute Gasteiger partial charge is 0.492 e. The van der Waals surface area contributed by atoms with Gasteiger partial charge in [-0.15, -0.1) is 0 Å². The van der Waals surface area contributed by atoms with Gasteiger partial charge in [0, 0.05) is 24.0 Å². The summed E-state index contributed by atoms with van der Waals surface area (Å²) in [6.07, 6.45) is 0.215. The number of carbonyl (C=O) groups is 2. The molecule has 0 heterocycles. The van der Waals surface area contributed by atoms with E-state index < -0.39 is 28.5 Å². The quantitative estimate of drug-likeness (QED) is 0.179. The van der Waals surface area contributed by atoms with Gasteiger partial charge in [0.2, 0.25) is 11.8 Å². The fourth-order valence-corrected chi connectivity index (χ4v) is 6.60. The molecule has 0 spiro atoms. The van der Waals surface area contributed by atoms with Crippen LogP contribution in [0.2, 0.25) is 5.02 Å². The highest BCUT2D eigenvalue weighted by Gasteiger charge is 2.35. The zero-order valence-electron chi connectivity index (χ0n) is 25.6. The summed E-state index contributed by atoms with van der Waals surface area (Å²) in [6.45, 7) is 5.22. The number of nitrogens with zero attached hydrogens (tertiary/aromatic N) is 2. The van der Waals surface area contributed by atoms with Crippen molar-refractivity contribution in [2.24, 2.45) is 0 Å². The van der Waals surface area contributed by atoms with Crippen LogP contribution >= 0.6 is 11.6 Å². The molecule has 0 saturated carbocycles. The Morgan fingerprint density at radius 1 is 0.844 bits per heavy atom. The van der Waals surface area contributed by atoms with Crippen molar-refractivity contribution in [3.05, 3.63) is 125 Å². The zero-order valence-corrected chi connectivity index (χ0v) is 27.2. The molecule has 45 heavy (non-hydrogen) atoms. The molecule has 4 rings (SSSR count). The van der Waals surface area contributed by atoms with Gasteiger partial charge >= 0.3 is 0 Å².